The maximum absolute atomic E-state index is 12.4. The highest BCUT2D eigenvalue weighted by atomic mass is 16.2. The van der Waals surface area contributed by atoms with Gasteiger partial charge in [0.15, 0.2) is 11.5 Å². The number of hydrogen-bond acceptors (Lipinski definition) is 3. The minimum Gasteiger partial charge on any atom is -0.328 e. The number of anilines is 1. The van der Waals surface area contributed by atoms with Gasteiger partial charge >= 0.3 is 6.03 Å². The van der Waals surface area contributed by atoms with Gasteiger partial charge < -0.3 is 10.6 Å². The Kier molecular flexibility index (Phi) is 4.74. The Bertz CT molecular complexity index is 812. The molecule has 0 aliphatic rings. The SMILES string of the molecule is CC(C)C[C@H](NC(=O)Nc1ccccc1)c1nnc2ccccn12. The lowest BCUT2D eigenvalue weighted by atomic mass is 10.0. The van der Waals surface area contributed by atoms with Crippen LogP contribution < -0.4 is 10.6 Å². The summed E-state index contributed by atoms with van der Waals surface area (Å²) in [6.07, 6.45) is 2.69. The molecule has 2 N–H and O–H groups in total. The molecule has 0 saturated heterocycles. The molecule has 0 spiro atoms. The second-order valence-corrected chi connectivity index (χ2v) is 6.13. The molecule has 3 rings (SSSR count). The molecular formula is C18H21N5O. The molecule has 2 amide bonds. The van der Waals surface area contributed by atoms with Gasteiger partial charge in [-0.15, -0.1) is 10.2 Å². The summed E-state index contributed by atoms with van der Waals surface area (Å²) in [6, 6.07) is 14.6. The Labute approximate surface area is 140 Å². The molecule has 0 unspecified atom stereocenters. The van der Waals surface area contributed by atoms with Crippen LogP contribution in [0.5, 0.6) is 0 Å². The van der Waals surface area contributed by atoms with Crippen molar-refractivity contribution in [1.82, 2.24) is 19.9 Å². The molecular weight excluding hydrogens is 302 g/mol. The maximum Gasteiger partial charge on any atom is 0.319 e. The molecule has 124 valence electrons. The summed E-state index contributed by atoms with van der Waals surface area (Å²) in [4.78, 5) is 12.4. The number of pyridine rings is 1. The van der Waals surface area contributed by atoms with Crippen LogP contribution in [0.15, 0.2) is 54.7 Å². The highest BCUT2D eigenvalue weighted by Gasteiger charge is 2.21. The predicted octanol–water partition coefficient (Wildman–Crippen LogP) is 3.64. The first-order chi connectivity index (χ1) is 11.6. The molecule has 2 aromatic heterocycles. The Morgan fingerprint density at radius 1 is 1.08 bits per heavy atom. The third-order valence-electron chi connectivity index (χ3n) is 3.70. The molecule has 0 aliphatic heterocycles. The fourth-order valence-corrected chi connectivity index (χ4v) is 2.64. The van der Waals surface area contributed by atoms with Gasteiger partial charge in [-0.3, -0.25) is 4.40 Å². The van der Waals surface area contributed by atoms with E-state index in [0.29, 0.717) is 5.92 Å². The van der Waals surface area contributed by atoms with E-state index in [1.807, 2.05) is 59.1 Å². The van der Waals surface area contributed by atoms with Crippen molar-refractivity contribution in [3.05, 3.63) is 60.6 Å². The molecule has 0 saturated carbocycles. The average Bonchev–Trinajstić information content (AvgIpc) is 2.98. The van der Waals surface area contributed by atoms with Crippen LogP contribution in [-0.2, 0) is 0 Å². The first-order valence-electron chi connectivity index (χ1n) is 8.05. The van der Waals surface area contributed by atoms with Crippen LogP contribution in [0.25, 0.3) is 5.65 Å². The number of amides is 2. The number of fused-ring (bicyclic) bond motifs is 1. The molecule has 24 heavy (non-hydrogen) atoms. The van der Waals surface area contributed by atoms with Crippen LogP contribution in [0.3, 0.4) is 0 Å². The highest BCUT2D eigenvalue weighted by molar-refractivity contribution is 5.89. The zero-order chi connectivity index (χ0) is 16.9. The summed E-state index contributed by atoms with van der Waals surface area (Å²) in [5.74, 6) is 1.14. The van der Waals surface area contributed by atoms with Crippen LogP contribution >= 0.6 is 0 Å². The highest BCUT2D eigenvalue weighted by Crippen LogP contribution is 2.20. The van der Waals surface area contributed by atoms with Crippen LogP contribution in [0, 0.1) is 5.92 Å². The average molecular weight is 323 g/mol. The van der Waals surface area contributed by atoms with E-state index in [1.165, 1.54) is 0 Å². The van der Waals surface area contributed by atoms with Crippen LogP contribution in [-0.4, -0.2) is 20.6 Å². The second kappa shape index (κ2) is 7.12. The van der Waals surface area contributed by atoms with Crippen LogP contribution in [0.2, 0.25) is 0 Å². The Hall–Kier alpha value is -2.89. The second-order valence-electron chi connectivity index (χ2n) is 6.13. The molecule has 3 aromatic rings. The van der Waals surface area contributed by atoms with Crippen LogP contribution in [0.1, 0.15) is 32.1 Å². The van der Waals surface area contributed by atoms with E-state index < -0.39 is 0 Å². The fourth-order valence-electron chi connectivity index (χ4n) is 2.64. The summed E-state index contributed by atoms with van der Waals surface area (Å²) in [7, 11) is 0. The van der Waals surface area contributed by atoms with Crippen molar-refractivity contribution in [3.63, 3.8) is 0 Å². The molecule has 6 nitrogen and oxygen atoms in total. The smallest absolute Gasteiger partial charge is 0.319 e. The summed E-state index contributed by atoms with van der Waals surface area (Å²) in [5, 5.41) is 14.3. The van der Waals surface area contributed by atoms with Gasteiger partial charge in [-0.05, 0) is 36.6 Å². The largest absolute Gasteiger partial charge is 0.328 e. The topological polar surface area (TPSA) is 71.3 Å². The minimum absolute atomic E-state index is 0.217. The van der Waals surface area contributed by atoms with Crippen molar-refractivity contribution in [2.24, 2.45) is 5.92 Å². The summed E-state index contributed by atoms with van der Waals surface area (Å²) in [6.45, 7) is 4.24. The quantitative estimate of drug-likeness (QED) is 0.753. The zero-order valence-corrected chi connectivity index (χ0v) is 13.8. The molecule has 0 bridgehead atoms. The number of nitrogens with one attached hydrogen (secondary N) is 2. The number of benzene rings is 1. The molecule has 2 heterocycles. The summed E-state index contributed by atoms with van der Waals surface area (Å²) < 4.78 is 1.91. The number of aromatic nitrogens is 3. The summed E-state index contributed by atoms with van der Waals surface area (Å²) >= 11 is 0. The number of nitrogens with zero attached hydrogens (tertiary/aromatic N) is 3. The summed E-state index contributed by atoms with van der Waals surface area (Å²) in [5.41, 5.74) is 1.52. The standard InChI is InChI=1S/C18H21N5O/c1-13(2)12-15(17-22-21-16-10-6-7-11-23(16)17)20-18(24)19-14-8-4-3-5-9-14/h3-11,13,15H,12H2,1-2H3,(H2,19,20,24)/t15-/m0/s1. The molecule has 0 fully saturated rings. The van der Waals surface area contributed by atoms with Crippen molar-refractivity contribution in [2.75, 3.05) is 5.32 Å². The van der Waals surface area contributed by atoms with Gasteiger partial charge in [-0.1, -0.05) is 38.1 Å². The molecule has 1 atom stereocenters. The number of carbonyl (C=O) groups is 1. The number of carbonyl (C=O) groups excluding carboxylic acids is 1. The lowest BCUT2D eigenvalue weighted by molar-refractivity contribution is 0.245. The van der Waals surface area contributed by atoms with E-state index in [1.54, 1.807) is 0 Å². The first-order valence-corrected chi connectivity index (χ1v) is 8.05. The number of rotatable bonds is 5. The lowest BCUT2D eigenvalue weighted by Gasteiger charge is -2.19. The number of hydrogen-bond donors (Lipinski definition) is 2. The van der Waals surface area contributed by atoms with Gasteiger partial charge in [0.2, 0.25) is 0 Å². The fraction of sp³-hybridized carbons (Fsp3) is 0.278. The number of urea groups is 1. The monoisotopic (exact) mass is 323 g/mol. The van der Waals surface area contributed by atoms with Gasteiger partial charge in [0.25, 0.3) is 0 Å². The van der Waals surface area contributed by atoms with Crippen molar-refractivity contribution in [2.45, 2.75) is 26.3 Å². The number of para-hydroxylation sites is 1. The molecule has 0 radical (unpaired) electrons. The van der Waals surface area contributed by atoms with Crippen molar-refractivity contribution >= 4 is 17.4 Å². The van der Waals surface area contributed by atoms with E-state index in [4.69, 9.17) is 0 Å². The van der Waals surface area contributed by atoms with Gasteiger partial charge in [0, 0.05) is 11.9 Å². The van der Waals surface area contributed by atoms with E-state index in [-0.39, 0.29) is 12.1 Å². The van der Waals surface area contributed by atoms with Gasteiger partial charge in [-0.2, -0.15) is 0 Å². The normalized spacial score (nSPS) is 12.3. The Balaban J connectivity index is 1.80. The van der Waals surface area contributed by atoms with Crippen LogP contribution in [0.4, 0.5) is 10.5 Å². The van der Waals surface area contributed by atoms with E-state index in [2.05, 4.69) is 34.7 Å². The Morgan fingerprint density at radius 3 is 2.58 bits per heavy atom. The third-order valence-corrected chi connectivity index (χ3v) is 3.70. The molecule has 1 aromatic carbocycles. The lowest BCUT2D eigenvalue weighted by Crippen LogP contribution is -2.34. The van der Waals surface area contributed by atoms with Gasteiger partial charge in [0.05, 0.1) is 6.04 Å². The third kappa shape index (κ3) is 3.71. The van der Waals surface area contributed by atoms with Gasteiger partial charge in [-0.25, -0.2) is 4.79 Å². The van der Waals surface area contributed by atoms with Crippen molar-refractivity contribution < 1.29 is 4.79 Å². The van der Waals surface area contributed by atoms with E-state index >= 15 is 0 Å². The van der Waals surface area contributed by atoms with E-state index in [0.717, 1.165) is 23.6 Å². The predicted molar refractivity (Wildman–Crippen MR) is 93.8 cm³/mol. The molecule has 6 heteroatoms. The van der Waals surface area contributed by atoms with Crippen molar-refractivity contribution in [1.29, 1.82) is 0 Å². The van der Waals surface area contributed by atoms with E-state index in [9.17, 15) is 4.79 Å². The Morgan fingerprint density at radius 2 is 1.83 bits per heavy atom. The zero-order valence-electron chi connectivity index (χ0n) is 13.8. The minimum atomic E-state index is -0.250. The maximum atomic E-state index is 12.4. The van der Waals surface area contributed by atoms with Crippen molar-refractivity contribution in [3.8, 4) is 0 Å². The molecule has 0 aliphatic carbocycles. The first kappa shape index (κ1) is 16.0. The van der Waals surface area contributed by atoms with Gasteiger partial charge in [0.1, 0.15) is 0 Å².